The number of hydrogen-bond acceptors (Lipinski definition) is 4. The van der Waals surface area contributed by atoms with Crippen LogP contribution in [0.2, 0.25) is 0 Å². The molecule has 0 unspecified atom stereocenters. The third-order valence-electron chi connectivity index (χ3n) is 3.36. The quantitative estimate of drug-likeness (QED) is 0.610. The topological polar surface area (TPSA) is 66.9 Å². The molecule has 1 radical (unpaired) electrons. The van der Waals surface area contributed by atoms with E-state index in [-0.39, 0.29) is 43.7 Å². The summed E-state index contributed by atoms with van der Waals surface area (Å²) in [7, 11) is 0. The maximum atomic E-state index is 13.7. The average Bonchev–Trinajstić information content (AvgIpc) is 2.47. The Labute approximate surface area is 166 Å². The summed E-state index contributed by atoms with van der Waals surface area (Å²) in [5.41, 5.74) is 7.36. The Balaban J connectivity index is 0.00000288. The van der Waals surface area contributed by atoms with E-state index < -0.39 is 11.7 Å². The molecule has 0 saturated carbocycles. The van der Waals surface area contributed by atoms with E-state index in [9.17, 15) is 9.18 Å². The van der Waals surface area contributed by atoms with Crippen molar-refractivity contribution < 1.29 is 41.9 Å². The molecule has 2 rings (SSSR count). The maximum absolute atomic E-state index is 13.7. The number of aryl methyl sites for hydroxylation is 2. The number of carbonyl (C=O) groups is 1. The second-order valence-electron chi connectivity index (χ2n) is 6.42. The first-order valence-electron chi connectivity index (χ1n) is 7.28. The number of nitrogens with zero attached hydrogens (tertiary/aromatic N) is 2. The second-order valence-corrected chi connectivity index (χ2v) is 6.42. The third-order valence-corrected chi connectivity index (χ3v) is 3.36. The zero-order chi connectivity index (χ0) is 17.2. The van der Waals surface area contributed by atoms with Gasteiger partial charge in [0.15, 0.2) is 11.7 Å². The fourth-order valence-corrected chi connectivity index (χ4v) is 2.20. The third kappa shape index (κ3) is 5.05. The van der Waals surface area contributed by atoms with Crippen LogP contribution >= 0.6 is 0 Å². The fraction of sp³-hybridized carbons (Fsp3) is 0.353. The van der Waals surface area contributed by atoms with Gasteiger partial charge in [-0.1, -0.05) is 27.7 Å². The van der Waals surface area contributed by atoms with Gasteiger partial charge < -0.3 is 10.2 Å². The second kappa shape index (κ2) is 8.12. The molecule has 0 atom stereocenters. The molecule has 0 fully saturated rings. The van der Waals surface area contributed by atoms with Crippen LogP contribution in [0.5, 0.6) is 0 Å². The Bertz CT molecular complexity index is 744. The molecule has 0 bridgehead atoms. The number of amides is 1. The number of aromatic nitrogens is 2. The van der Waals surface area contributed by atoms with Gasteiger partial charge >= 0.3 is 0 Å². The van der Waals surface area contributed by atoms with Crippen LogP contribution in [0.1, 0.15) is 48.0 Å². The van der Waals surface area contributed by atoms with Gasteiger partial charge in [-0.15, -0.1) is 28.9 Å². The van der Waals surface area contributed by atoms with Crippen molar-refractivity contribution in [2.75, 3.05) is 5.43 Å². The summed E-state index contributed by atoms with van der Waals surface area (Å²) in [6, 6.07) is 7.31. The van der Waals surface area contributed by atoms with Gasteiger partial charge in [0.25, 0.3) is 0 Å². The maximum Gasteiger partial charge on any atom is 0.186 e. The SMILES string of the molecule is Cc1[c-]c(C(=O)NNc2cc(C(C)(C)C)c(C)nn2)c(F)cc1.[Y]. The van der Waals surface area contributed by atoms with E-state index in [1.807, 2.05) is 13.0 Å². The largest absolute Gasteiger partial charge is 0.326 e. The van der Waals surface area contributed by atoms with Gasteiger partial charge in [0.2, 0.25) is 0 Å². The number of benzene rings is 1. The minimum absolute atomic E-state index is 0. The van der Waals surface area contributed by atoms with E-state index in [1.54, 1.807) is 13.0 Å². The molecule has 0 aliphatic carbocycles. The normalized spacial score (nSPS) is 10.8. The van der Waals surface area contributed by atoms with Crippen LogP contribution in [0, 0.1) is 25.7 Å². The molecule has 0 aliphatic rings. The molecule has 24 heavy (non-hydrogen) atoms. The van der Waals surface area contributed by atoms with E-state index >= 15 is 0 Å². The van der Waals surface area contributed by atoms with Crippen molar-refractivity contribution in [3.05, 3.63) is 52.5 Å². The number of nitrogens with one attached hydrogen (secondary N) is 2. The van der Waals surface area contributed by atoms with Crippen molar-refractivity contribution in [3.63, 3.8) is 0 Å². The number of rotatable bonds is 3. The Morgan fingerprint density at radius 3 is 2.50 bits per heavy atom. The molecule has 125 valence electrons. The van der Waals surface area contributed by atoms with Gasteiger partial charge in [0.05, 0.1) is 5.69 Å². The average molecular weight is 404 g/mol. The molecule has 1 heterocycles. The van der Waals surface area contributed by atoms with Gasteiger partial charge in [0.1, 0.15) is 0 Å². The van der Waals surface area contributed by atoms with Crippen molar-refractivity contribution in [1.29, 1.82) is 0 Å². The summed E-state index contributed by atoms with van der Waals surface area (Å²) in [6.07, 6.45) is 0. The zero-order valence-electron chi connectivity index (χ0n) is 14.5. The molecular formula is C17H20FN4OY-. The number of hydrazine groups is 1. The summed E-state index contributed by atoms with van der Waals surface area (Å²) in [6.45, 7) is 9.82. The van der Waals surface area contributed by atoms with Crippen LogP contribution in [-0.2, 0) is 38.1 Å². The zero-order valence-corrected chi connectivity index (χ0v) is 17.3. The molecule has 0 spiro atoms. The summed E-state index contributed by atoms with van der Waals surface area (Å²) < 4.78 is 13.7. The Morgan fingerprint density at radius 1 is 1.21 bits per heavy atom. The Morgan fingerprint density at radius 2 is 1.88 bits per heavy atom. The predicted octanol–water partition coefficient (Wildman–Crippen LogP) is 3.08. The van der Waals surface area contributed by atoms with Crippen molar-refractivity contribution >= 4 is 11.7 Å². The van der Waals surface area contributed by atoms with Gasteiger partial charge in [-0.05, 0) is 29.5 Å². The molecular weight excluding hydrogens is 384 g/mol. The van der Waals surface area contributed by atoms with Gasteiger partial charge in [-0.25, -0.2) is 0 Å². The monoisotopic (exact) mass is 404 g/mol. The van der Waals surface area contributed by atoms with Crippen LogP contribution in [-0.4, -0.2) is 16.1 Å². The molecule has 5 nitrogen and oxygen atoms in total. The van der Waals surface area contributed by atoms with E-state index in [0.717, 1.165) is 11.3 Å². The van der Waals surface area contributed by atoms with Crippen LogP contribution in [0.3, 0.4) is 0 Å². The van der Waals surface area contributed by atoms with E-state index in [4.69, 9.17) is 0 Å². The number of hydrogen-bond donors (Lipinski definition) is 2. The molecule has 2 N–H and O–H groups in total. The van der Waals surface area contributed by atoms with Crippen LogP contribution in [0.15, 0.2) is 18.2 Å². The van der Waals surface area contributed by atoms with E-state index in [1.165, 1.54) is 6.07 Å². The van der Waals surface area contributed by atoms with E-state index in [2.05, 4.69) is 47.9 Å². The molecule has 0 aliphatic heterocycles. The number of anilines is 1. The summed E-state index contributed by atoms with van der Waals surface area (Å²) >= 11 is 0. The minimum atomic E-state index is -0.625. The van der Waals surface area contributed by atoms with Gasteiger partial charge in [0, 0.05) is 38.5 Å². The van der Waals surface area contributed by atoms with Crippen molar-refractivity contribution in [2.45, 2.75) is 40.0 Å². The smallest absolute Gasteiger partial charge is 0.186 e. The standard InChI is InChI=1S/C17H20FN4O.Y/c1-10-6-7-14(18)12(8-10)16(23)22-21-15-9-13(17(3,4)5)11(2)19-20-15;/h6-7,9H,1-5H3,(H,20,21)(H,22,23);/q-1;. The van der Waals surface area contributed by atoms with Gasteiger partial charge in [-0.2, -0.15) is 5.10 Å². The molecule has 1 aromatic heterocycles. The molecule has 0 saturated heterocycles. The number of carbonyl (C=O) groups excluding carboxylic acids is 1. The molecule has 7 heteroatoms. The predicted molar refractivity (Wildman–Crippen MR) is 86.5 cm³/mol. The first-order chi connectivity index (χ1) is 10.7. The summed E-state index contributed by atoms with van der Waals surface area (Å²) in [5.74, 6) is -0.854. The first kappa shape index (κ1) is 20.6. The molecule has 1 amide bonds. The van der Waals surface area contributed by atoms with Gasteiger partial charge in [-0.3, -0.25) is 9.82 Å². The Kier molecular flexibility index (Phi) is 6.99. The number of halogens is 1. The summed E-state index contributed by atoms with van der Waals surface area (Å²) in [5, 5.41) is 8.06. The minimum Gasteiger partial charge on any atom is -0.326 e. The summed E-state index contributed by atoms with van der Waals surface area (Å²) in [4.78, 5) is 12.0. The van der Waals surface area contributed by atoms with Crippen molar-refractivity contribution in [3.8, 4) is 0 Å². The molecule has 2 aromatic rings. The van der Waals surface area contributed by atoms with Crippen LogP contribution in [0.4, 0.5) is 10.2 Å². The van der Waals surface area contributed by atoms with Crippen LogP contribution in [0.25, 0.3) is 0 Å². The molecule has 1 aromatic carbocycles. The Hall–Kier alpha value is -1.40. The van der Waals surface area contributed by atoms with Crippen LogP contribution < -0.4 is 10.9 Å². The van der Waals surface area contributed by atoms with E-state index in [0.29, 0.717) is 11.4 Å². The van der Waals surface area contributed by atoms with Crippen molar-refractivity contribution in [1.82, 2.24) is 15.6 Å². The fourth-order valence-electron chi connectivity index (χ4n) is 2.20. The van der Waals surface area contributed by atoms with Crippen molar-refractivity contribution in [2.24, 2.45) is 0 Å². The first-order valence-corrected chi connectivity index (χ1v) is 7.28.